The quantitative estimate of drug-likeness (QED) is 0.623. The minimum Gasteiger partial charge on any atom is -0.481 e. The Morgan fingerprint density at radius 3 is 2.59 bits per heavy atom. The molecular weight excluding hydrogens is 407 g/mol. The number of rotatable bonds is 4. The average molecular weight is 431 g/mol. The minimum absolute atomic E-state index is 0.215. The largest absolute Gasteiger partial charge is 0.481 e. The molecule has 2 fully saturated rings. The summed E-state index contributed by atoms with van der Waals surface area (Å²) in [5, 5.41) is 23.4. The first-order chi connectivity index (χ1) is 13.9. The van der Waals surface area contributed by atoms with Crippen molar-refractivity contribution < 1.29 is 15.0 Å². The Labute approximate surface area is 181 Å². The molecule has 0 unspecified atom stereocenters. The van der Waals surface area contributed by atoms with Gasteiger partial charge in [-0.3, -0.25) is 4.79 Å². The number of carboxylic acid groups (broad SMARTS) is 1. The van der Waals surface area contributed by atoms with Gasteiger partial charge >= 0.3 is 5.97 Å². The molecule has 4 rings (SSSR count). The first-order valence-corrected chi connectivity index (χ1v) is 10.8. The average Bonchev–Trinajstić information content (AvgIpc) is 3.00. The number of hydrogen-bond acceptors (Lipinski definition) is 2. The number of aliphatic hydroxyl groups is 1. The Hall–Kier alpha value is -1.81. The predicted octanol–water partition coefficient (Wildman–Crippen LogP) is 6.02. The molecule has 2 saturated carbocycles. The number of fused-ring (bicyclic) bond motifs is 1. The van der Waals surface area contributed by atoms with Crippen LogP contribution >= 0.6 is 23.2 Å². The fraction of sp³-hybridized carbons (Fsp3) is 0.375. The monoisotopic (exact) mass is 430 g/mol. The van der Waals surface area contributed by atoms with E-state index < -0.39 is 17.0 Å². The van der Waals surface area contributed by atoms with E-state index in [0.717, 1.165) is 23.1 Å². The molecule has 152 valence electrons. The molecule has 0 heterocycles. The molecule has 0 saturated heterocycles. The molecule has 0 bridgehead atoms. The van der Waals surface area contributed by atoms with Crippen LogP contribution in [0.1, 0.15) is 43.2 Å². The van der Waals surface area contributed by atoms with E-state index in [-0.39, 0.29) is 5.92 Å². The molecular formula is C24H24Cl2O3. The number of halogens is 2. The predicted molar refractivity (Wildman–Crippen MR) is 116 cm³/mol. The fourth-order valence-electron chi connectivity index (χ4n) is 5.38. The van der Waals surface area contributed by atoms with Crippen LogP contribution in [-0.4, -0.2) is 21.8 Å². The van der Waals surface area contributed by atoms with Gasteiger partial charge in [0.25, 0.3) is 0 Å². The summed E-state index contributed by atoms with van der Waals surface area (Å²) in [6, 6.07) is 15.2. The van der Waals surface area contributed by atoms with Crippen molar-refractivity contribution in [2.45, 2.75) is 44.1 Å². The molecule has 0 radical (unpaired) electrons. The van der Waals surface area contributed by atoms with Crippen molar-refractivity contribution >= 4 is 35.2 Å². The van der Waals surface area contributed by atoms with Crippen LogP contribution in [0.15, 0.2) is 54.1 Å². The van der Waals surface area contributed by atoms with Gasteiger partial charge < -0.3 is 10.2 Å². The van der Waals surface area contributed by atoms with Gasteiger partial charge in [0, 0.05) is 10.0 Å². The number of aliphatic carboxylic acids is 1. The van der Waals surface area contributed by atoms with Gasteiger partial charge in [-0.2, -0.15) is 0 Å². The van der Waals surface area contributed by atoms with Crippen LogP contribution in [0.4, 0.5) is 0 Å². The summed E-state index contributed by atoms with van der Waals surface area (Å²) in [4.78, 5) is 12.4. The summed E-state index contributed by atoms with van der Waals surface area (Å²) in [5.41, 5.74) is 0.156. The minimum atomic E-state index is -1.39. The van der Waals surface area contributed by atoms with E-state index in [1.165, 1.54) is 0 Å². The van der Waals surface area contributed by atoms with E-state index in [9.17, 15) is 15.0 Å². The van der Waals surface area contributed by atoms with Crippen LogP contribution in [0.5, 0.6) is 0 Å². The summed E-state index contributed by atoms with van der Waals surface area (Å²) in [7, 11) is 0. The lowest BCUT2D eigenvalue weighted by Crippen LogP contribution is -2.56. The molecule has 5 heteroatoms. The van der Waals surface area contributed by atoms with Crippen LogP contribution in [0, 0.1) is 11.3 Å². The molecule has 2 N–H and O–H groups in total. The number of carbonyl (C=O) groups is 1. The van der Waals surface area contributed by atoms with Crippen LogP contribution in [0.3, 0.4) is 0 Å². The first kappa shape index (κ1) is 20.5. The highest BCUT2D eigenvalue weighted by molar-refractivity contribution is 6.35. The smallest absolute Gasteiger partial charge is 0.312 e. The van der Waals surface area contributed by atoms with Crippen LogP contribution < -0.4 is 0 Å². The van der Waals surface area contributed by atoms with Crippen LogP contribution in [0.2, 0.25) is 10.0 Å². The lowest BCUT2D eigenvalue weighted by Gasteiger charge is -2.47. The Morgan fingerprint density at radius 2 is 1.90 bits per heavy atom. The van der Waals surface area contributed by atoms with Gasteiger partial charge in [-0.25, -0.2) is 0 Å². The molecule has 2 aliphatic carbocycles. The van der Waals surface area contributed by atoms with Gasteiger partial charge in [0.2, 0.25) is 0 Å². The zero-order valence-electron chi connectivity index (χ0n) is 16.1. The summed E-state index contributed by atoms with van der Waals surface area (Å²) < 4.78 is 0. The van der Waals surface area contributed by atoms with Gasteiger partial charge in [0.15, 0.2) is 0 Å². The molecule has 2 aromatic carbocycles. The number of carboxylic acids is 1. The summed E-state index contributed by atoms with van der Waals surface area (Å²) in [6.07, 6.45) is 5.59. The third-order valence-corrected chi connectivity index (χ3v) is 7.40. The summed E-state index contributed by atoms with van der Waals surface area (Å²) in [6.45, 7) is 0. The second-order valence-corrected chi connectivity index (χ2v) is 9.11. The van der Waals surface area contributed by atoms with Gasteiger partial charge in [-0.05, 0) is 73.3 Å². The molecule has 2 aliphatic rings. The highest BCUT2D eigenvalue weighted by atomic mass is 35.5. The fourth-order valence-corrected chi connectivity index (χ4v) is 5.86. The Morgan fingerprint density at radius 1 is 1.14 bits per heavy atom. The van der Waals surface area contributed by atoms with Crippen molar-refractivity contribution in [2.24, 2.45) is 11.3 Å². The topological polar surface area (TPSA) is 57.5 Å². The molecule has 29 heavy (non-hydrogen) atoms. The van der Waals surface area contributed by atoms with E-state index in [0.29, 0.717) is 42.1 Å². The van der Waals surface area contributed by atoms with Crippen molar-refractivity contribution in [3.63, 3.8) is 0 Å². The second kappa shape index (κ2) is 7.79. The highest BCUT2D eigenvalue weighted by Gasteiger charge is 2.66. The Kier molecular flexibility index (Phi) is 5.50. The van der Waals surface area contributed by atoms with E-state index in [4.69, 9.17) is 23.2 Å². The highest BCUT2D eigenvalue weighted by Crippen LogP contribution is 2.61. The zero-order chi connectivity index (χ0) is 20.6. The standard InChI is InChI=1S/C24H24Cl2O3/c25-20-9-8-17(21(26)15-20)14-19-10-12-23(22(27)28)11-4-7-18(24(19,23)29)13-16-5-2-1-3-6-16/h1-3,5-6,8-9,13,15,19,29H,4,7,10-12,14H2,(H,27,28)/b18-13+/t19-,23+,24+/m0/s1. The molecule has 0 aromatic heterocycles. The summed E-state index contributed by atoms with van der Waals surface area (Å²) in [5.74, 6) is -1.11. The van der Waals surface area contributed by atoms with Crippen LogP contribution in [-0.2, 0) is 11.2 Å². The molecule has 0 aliphatic heterocycles. The SMILES string of the molecule is O=C(O)[C@]12CCC/C(=C\c3ccccc3)[C@@]1(O)[C@H](Cc1ccc(Cl)cc1Cl)CC2. The Bertz CT molecular complexity index is 956. The normalized spacial score (nSPS) is 30.3. The van der Waals surface area contributed by atoms with E-state index >= 15 is 0 Å². The second-order valence-electron chi connectivity index (χ2n) is 8.26. The zero-order valence-corrected chi connectivity index (χ0v) is 17.6. The number of hydrogen-bond donors (Lipinski definition) is 2. The Balaban J connectivity index is 1.78. The molecule has 0 amide bonds. The van der Waals surface area contributed by atoms with Crippen molar-refractivity contribution in [3.05, 3.63) is 75.3 Å². The lowest BCUT2D eigenvalue weighted by molar-refractivity contribution is -0.167. The van der Waals surface area contributed by atoms with Crippen molar-refractivity contribution in [1.82, 2.24) is 0 Å². The molecule has 3 nitrogen and oxygen atoms in total. The van der Waals surface area contributed by atoms with Crippen molar-refractivity contribution in [1.29, 1.82) is 0 Å². The van der Waals surface area contributed by atoms with Crippen molar-refractivity contribution in [2.75, 3.05) is 0 Å². The third kappa shape index (κ3) is 3.39. The molecule has 3 atom stereocenters. The maximum absolute atomic E-state index is 12.4. The van der Waals surface area contributed by atoms with Gasteiger partial charge in [-0.15, -0.1) is 0 Å². The summed E-state index contributed by atoms with van der Waals surface area (Å²) >= 11 is 12.4. The van der Waals surface area contributed by atoms with E-state index in [1.807, 2.05) is 42.5 Å². The van der Waals surface area contributed by atoms with Crippen molar-refractivity contribution in [3.8, 4) is 0 Å². The van der Waals surface area contributed by atoms with Gasteiger partial charge in [-0.1, -0.05) is 65.7 Å². The molecule has 0 spiro atoms. The lowest BCUT2D eigenvalue weighted by atomic mass is 9.59. The first-order valence-electron chi connectivity index (χ1n) is 10.0. The molecule has 2 aromatic rings. The maximum atomic E-state index is 12.4. The maximum Gasteiger partial charge on any atom is 0.312 e. The van der Waals surface area contributed by atoms with E-state index in [1.54, 1.807) is 12.1 Å². The van der Waals surface area contributed by atoms with Gasteiger partial charge in [0.1, 0.15) is 11.0 Å². The third-order valence-electron chi connectivity index (χ3n) is 6.81. The van der Waals surface area contributed by atoms with E-state index in [2.05, 4.69) is 0 Å². The number of benzene rings is 2. The van der Waals surface area contributed by atoms with Crippen LogP contribution in [0.25, 0.3) is 6.08 Å². The van der Waals surface area contributed by atoms with Gasteiger partial charge in [0.05, 0.1) is 0 Å².